The van der Waals surface area contributed by atoms with Gasteiger partial charge in [0, 0.05) is 24.6 Å². The van der Waals surface area contributed by atoms with Gasteiger partial charge >= 0.3 is 5.97 Å². The third kappa shape index (κ3) is 5.21. The Labute approximate surface area is 150 Å². The molecule has 0 unspecified atom stereocenters. The number of halogens is 1. The van der Waals surface area contributed by atoms with Crippen LogP contribution in [0.3, 0.4) is 0 Å². The molecule has 0 aliphatic rings. The Morgan fingerprint density at radius 3 is 2.84 bits per heavy atom. The number of nitrogens with one attached hydrogen (secondary N) is 1. The summed E-state index contributed by atoms with van der Waals surface area (Å²) >= 11 is 7.10. The maximum Gasteiger partial charge on any atom is 0.358 e. The Hall–Kier alpha value is -2.56. The summed E-state index contributed by atoms with van der Waals surface area (Å²) in [7, 11) is 1.51. The third-order valence-corrected chi connectivity index (χ3v) is 3.94. The minimum Gasteiger partial charge on any atom is -0.451 e. The highest BCUT2D eigenvalue weighted by atomic mass is 35.5. The predicted octanol–water partition coefficient (Wildman–Crippen LogP) is 2.65. The number of hydrogen-bond donors (Lipinski definition) is 1. The second-order valence-electron chi connectivity index (χ2n) is 4.61. The van der Waals surface area contributed by atoms with Crippen LogP contribution in [0.2, 0.25) is 5.02 Å². The summed E-state index contributed by atoms with van der Waals surface area (Å²) in [5.41, 5.74) is 0.0485. The van der Waals surface area contributed by atoms with Gasteiger partial charge < -0.3 is 14.8 Å². The van der Waals surface area contributed by atoms with Crippen molar-refractivity contribution in [2.24, 2.45) is 0 Å². The van der Waals surface area contributed by atoms with E-state index in [1.165, 1.54) is 36.0 Å². The molecule has 2 rings (SSSR count). The molecule has 1 aromatic carbocycles. The first kappa shape index (κ1) is 18.8. The largest absolute Gasteiger partial charge is 0.451 e. The normalized spacial score (nSPS) is 10.3. The van der Waals surface area contributed by atoms with E-state index in [-0.39, 0.29) is 28.7 Å². The minimum absolute atomic E-state index is 0.00224. The quantitative estimate of drug-likeness (QED) is 0.441. The van der Waals surface area contributed by atoms with E-state index >= 15 is 0 Å². The van der Waals surface area contributed by atoms with E-state index < -0.39 is 23.4 Å². The number of aromatic nitrogens is 1. The van der Waals surface area contributed by atoms with E-state index in [9.17, 15) is 19.7 Å². The number of benzene rings is 1. The number of nitro groups is 1. The zero-order valence-corrected chi connectivity index (χ0v) is 14.4. The number of carbonyl (C=O) groups is 2. The molecule has 0 radical (unpaired) electrons. The highest BCUT2D eigenvalue weighted by molar-refractivity contribution is 7.09. The van der Waals surface area contributed by atoms with Gasteiger partial charge in [0.2, 0.25) is 0 Å². The molecule has 2 aromatic rings. The first-order valence-electron chi connectivity index (χ1n) is 6.75. The van der Waals surface area contributed by atoms with Gasteiger partial charge in [-0.25, -0.2) is 9.78 Å². The Balaban J connectivity index is 1.89. The molecule has 0 spiro atoms. The Morgan fingerprint density at radius 1 is 1.44 bits per heavy atom. The molecule has 1 amide bonds. The number of nitro benzene ring substituents is 1. The first-order valence-corrected chi connectivity index (χ1v) is 8.00. The van der Waals surface area contributed by atoms with Crippen molar-refractivity contribution >= 4 is 46.2 Å². The van der Waals surface area contributed by atoms with Crippen LogP contribution in [0, 0.1) is 10.1 Å². The molecular formula is C14H12ClN3O6S. The number of anilines is 1. The number of esters is 1. The summed E-state index contributed by atoms with van der Waals surface area (Å²) in [5.74, 6) is -1.39. The molecule has 1 heterocycles. The number of hydrogen-bond acceptors (Lipinski definition) is 8. The van der Waals surface area contributed by atoms with Crippen LogP contribution in [-0.4, -0.2) is 35.5 Å². The maximum absolute atomic E-state index is 11.8. The molecule has 9 nitrogen and oxygen atoms in total. The van der Waals surface area contributed by atoms with Crippen LogP contribution in [0.1, 0.15) is 15.5 Å². The lowest BCUT2D eigenvalue weighted by Crippen LogP contribution is -2.21. The number of non-ortho nitro benzene ring substituents is 1. The van der Waals surface area contributed by atoms with E-state index in [4.69, 9.17) is 21.1 Å². The number of thiazole rings is 1. The van der Waals surface area contributed by atoms with E-state index in [2.05, 4.69) is 10.3 Å². The van der Waals surface area contributed by atoms with Crippen molar-refractivity contribution in [3.8, 4) is 0 Å². The summed E-state index contributed by atoms with van der Waals surface area (Å²) in [6, 6.07) is 3.59. The SMILES string of the molecule is COCc1nc(C(=O)OCC(=O)Nc2ccc([N+](=O)[O-])cc2Cl)cs1. The highest BCUT2D eigenvalue weighted by Gasteiger charge is 2.16. The van der Waals surface area contributed by atoms with Crippen molar-refractivity contribution in [2.45, 2.75) is 6.61 Å². The standard InChI is InChI=1S/C14H12ClN3O6S/c1-23-6-13-17-11(7-25-13)14(20)24-5-12(19)16-10-3-2-8(18(21)22)4-9(10)15/h2-4,7H,5-6H2,1H3,(H,16,19). The molecule has 0 saturated heterocycles. The summed E-state index contributed by atoms with van der Waals surface area (Å²) in [6.07, 6.45) is 0. The van der Waals surface area contributed by atoms with Crippen LogP contribution in [0.25, 0.3) is 0 Å². The molecule has 11 heteroatoms. The number of methoxy groups -OCH3 is 1. The van der Waals surface area contributed by atoms with Crippen LogP contribution in [-0.2, 0) is 20.9 Å². The topological polar surface area (TPSA) is 121 Å². The van der Waals surface area contributed by atoms with Crippen molar-refractivity contribution in [1.82, 2.24) is 4.98 Å². The highest BCUT2D eigenvalue weighted by Crippen LogP contribution is 2.26. The first-order chi connectivity index (χ1) is 11.9. The average molecular weight is 386 g/mol. The van der Waals surface area contributed by atoms with Crippen LogP contribution < -0.4 is 5.32 Å². The fourth-order valence-corrected chi connectivity index (χ4v) is 2.66. The molecule has 0 bridgehead atoms. The van der Waals surface area contributed by atoms with Gasteiger partial charge in [-0.3, -0.25) is 14.9 Å². The lowest BCUT2D eigenvalue weighted by Gasteiger charge is -2.07. The number of carbonyl (C=O) groups excluding carboxylic acids is 2. The summed E-state index contributed by atoms with van der Waals surface area (Å²) in [6.45, 7) is -0.277. The molecule has 0 atom stereocenters. The van der Waals surface area contributed by atoms with Crippen LogP contribution in [0.15, 0.2) is 23.6 Å². The van der Waals surface area contributed by atoms with Gasteiger partial charge in [-0.1, -0.05) is 11.6 Å². The van der Waals surface area contributed by atoms with Gasteiger partial charge in [-0.05, 0) is 6.07 Å². The molecule has 0 fully saturated rings. The molecule has 0 aliphatic heterocycles. The molecule has 1 aromatic heterocycles. The zero-order chi connectivity index (χ0) is 18.4. The number of rotatable bonds is 7. The second kappa shape index (κ2) is 8.51. The Morgan fingerprint density at radius 2 is 2.20 bits per heavy atom. The molecule has 0 aliphatic carbocycles. The van der Waals surface area contributed by atoms with E-state index in [0.29, 0.717) is 5.01 Å². The molecule has 0 saturated carbocycles. The van der Waals surface area contributed by atoms with Crippen molar-refractivity contribution < 1.29 is 24.0 Å². The van der Waals surface area contributed by atoms with Gasteiger partial charge in [-0.2, -0.15) is 0 Å². The third-order valence-electron chi connectivity index (χ3n) is 2.80. The fraction of sp³-hybridized carbons (Fsp3) is 0.214. The predicted molar refractivity (Wildman–Crippen MR) is 89.8 cm³/mol. The van der Waals surface area contributed by atoms with Crippen molar-refractivity contribution in [3.63, 3.8) is 0 Å². The van der Waals surface area contributed by atoms with E-state index in [1.54, 1.807) is 0 Å². The molecular weight excluding hydrogens is 374 g/mol. The van der Waals surface area contributed by atoms with Gasteiger partial charge in [0.05, 0.1) is 22.2 Å². The molecule has 1 N–H and O–H groups in total. The zero-order valence-electron chi connectivity index (χ0n) is 12.9. The minimum atomic E-state index is -0.747. The molecule has 25 heavy (non-hydrogen) atoms. The number of nitrogens with zero attached hydrogens (tertiary/aromatic N) is 2. The molecule has 132 valence electrons. The van der Waals surface area contributed by atoms with Gasteiger partial charge in [0.15, 0.2) is 12.3 Å². The van der Waals surface area contributed by atoms with Crippen molar-refractivity contribution in [2.75, 3.05) is 19.0 Å². The van der Waals surface area contributed by atoms with E-state index in [1.807, 2.05) is 0 Å². The fourth-order valence-electron chi connectivity index (χ4n) is 1.70. The lowest BCUT2D eigenvalue weighted by atomic mass is 10.3. The number of amides is 1. The smallest absolute Gasteiger partial charge is 0.358 e. The van der Waals surface area contributed by atoms with Gasteiger partial charge in [0.1, 0.15) is 5.01 Å². The van der Waals surface area contributed by atoms with Crippen LogP contribution >= 0.6 is 22.9 Å². The summed E-state index contributed by atoms with van der Waals surface area (Å²) in [4.78, 5) is 37.6. The Kier molecular flexibility index (Phi) is 6.39. The summed E-state index contributed by atoms with van der Waals surface area (Å²) in [5, 5.41) is 15.1. The van der Waals surface area contributed by atoms with Crippen LogP contribution in [0.4, 0.5) is 11.4 Å². The monoisotopic (exact) mass is 385 g/mol. The number of ether oxygens (including phenoxy) is 2. The van der Waals surface area contributed by atoms with Crippen molar-refractivity contribution in [3.05, 3.63) is 49.4 Å². The van der Waals surface area contributed by atoms with Crippen molar-refractivity contribution in [1.29, 1.82) is 0 Å². The lowest BCUT2D eigenvalue weighted by molar-refractivity contribution is -0.384. The van der Waals surface area contributed by atoms with Crippen LogP contribution in [0.5, 0.6) is 0 Å². The maximum atomic E-state index is 11.8. The van der Waals surface area contributed by atoms with E-state index in [0.717, 1.165) is 6.07 Å². The summed E-state index contributed by atoms with van der Waals surface area (Å²) < 4.78 is 9.75. The second-order valence-corrected chi connectivity index (χ2v) is 5.95. The van der Waals surface area contributed by atoms with Gasteiger partial charge in [-0.15, -0.1) is 11.3 Å². The van der Waals surface area contributed by atoms with Gasteiger partial charge in [0.25, 0.3) is 11.6 Å². The average Bonchev–Trinajstić information content (AvgIpc) is 3.03. The Bertz CT molecular complexity index is 810.